The molecule has 0 amide bonds. The van der Waals surface area contributed by atoms with Crippen molar-refractivity contribution < 1.29 is 5.11 Å². The fourth-order valence-corrected chi connectivity index (χ4v) is 3.73. The predicted octanol–water partition coefficient (Wildman–Crippen LogP) is 5.32. The summed E-state index contributed by atoms with van der Waals surface area (Å²) in [6.07, 6.45) is 3.13. The minimum atomic E-state index is -0.355. The van der Waals surface area contributed by atoms with Crippen molar-refractivity contribution in [2.24, 2.45) is 17.8 Å². The van der Waals surface area contributed by atoms with E-state index >= 15 is 0 Å². The molecule has 18 heavy (non-hydrogen) atoms. The zero-order chi connectivity index (χ0) is 13.3. The molecule has 0 spiro atoms. The van der Waals surface area contributed by atoms with Crippen LogP contribution in [0.25, 0.3) is 0 Å². The van der Waals surface area contributed by atoms with Crippen molar-refractivity contribution in [1.29, 1.82) is 0 Å². The van der Waals surface area contributed by atoms with Gasteiger partial charge in [-0.25, -0.2) is 0 Å². The second kappa shape index (κ2) is 6.06. The number of hydrogen-bond acceptors (Lipinski definition) is 1. The molecule has 0 aliphatic heterocycles. The number of halogens is 2. The van der Waals surface area contributed by atoms with Crippen LogP contribution in [0.3, 0.4) is 0 Å². The molecule has 4 atom stereocenters. The summed E-state index contributed by atoms with van der Waals surface area (Å²) in [6, 6.07) is 6.01. The summed E-state index contributed by atoms with van der Waals surface area (Å²) in [5.41, 5.74) is 1.01. The fourth-order valence-electron chi connectivity index (χ4n) is 2.87. The third-order valence-electron chi connectivity index (χ3n) is 4.36. The van der Waals surface area contributed by atoms with Crippen LogP contribution >= 0.6 is 31.9 Å². The topological polar surface area (TPSA) is 20.2 Å². The Morgan fingerprint density at radius 1 is 1.17 bits per heavy atom. The maximum absolute atomic E-state index is 10.6. The lowest BCUT2D eigenvalue weighted by atomic mass is 9.73. The average Bonchev–Trinajstić information content (AvgIpc) is 2.35. The van der Waals surface area contributed by atoms with Gasteiger partial charge in [-0.05, 0) is 54.4 Å². The first-order chi connectivity index (χ1) is 8.49. The minimum Gasteiger partial charge on any atom is -0.388 e. The Kier molecular flexibility index (Phi) is 4.90. The molecule has 4 unspecified atom stereocenters. The Bertz CT molecular complexity index is 419. The molecule has 1 fully saturated rings. The molecular formula is C15H20Br2O. The van der Waals surface area contributed by atoms with E-state index in [4.69, 9.17) is 0 Å². The summed E-state index contributed by atoms with van der Waals surface area (Å²) < 4.78 is 2.03. The predicted molar refractivity (Wildman–Crippen MR) is 82.5 cm³/mol. The van der Waals surface area contributed by atoms with Gasteiger partial charge >= 0.3 is 0 Å². The highest BCUT2D eigenvalue weighted by Gasteiger charge is 2.30. The van der Waals surface area contributed by atoms with Gasteiger partial charge in [-0.15, -0.1) is 0 Å². The lowest BCUT2D eigenvalue weighted by Gasteiger charge is -2.35. The van der Waals surface area contributed by atoms with Crippen LogP contribution in [0.15, 0.2) is 27.1 Å². The standard InChI is InChI=1S/C15H20Br2O/c1-9-3-4-11(7-10(9)2)15(18)13-8-12(16)5-6-14(13)17/h5-6,8-11,15,18H,3-4,7H2,1-2H3. The minimum absolute atomic E-state index is 0.355. The van der Waals surface area contributed by atoms with Crippen LogP contribution in [-0.2, 0) is 0 Å². The van der Waals surface area contributed by atoms with Gasteiger partial charge in [-0.1, -0.05) is 52.1 Å². The smallest absolute Gasteiger partial charge is 0.0829 e. The molecule has 1 aliphatic carbocycles. The molecule has 1 N–H and O–H groups in total. The first kappa shape index (κ1) is 14.5. The summed E-state index contributed by atoms with van der Waals surface area (Å²) in [4.78, 5) is 0. The maximum Gasteiger partial charge on any atom is 0.0829 e. The lowest BCUT2D eigenvalue weighted by molar-refractivity contribution is 0.0556. The van der Waals surface area contributed by atoms with Gasteiger partial charge in [0.2, 0.25) is 0 Å². The number of hydrogen-bond donors (Lipinski definition) is 1. The van der Waals surface area contributed by atoms with Crippen LogP contribution in [0.4, 0.5) is 0 Å². The molecular weight excluding hydrogens is 356 g/mol. The Morgan fingerprint density at radius 3 is 2.56 bits per heavy atom. The Labute approximate surface area is 126 Å². The molecule has 0 saturated heterocycles. The number of rotatable bonds is 2. The van der Waals surface area contributed by atoms with E-state index in [1.807, 2.05) is 18.2 Å². The first-order valence-corrected chi connectivity index (χ1v) is 8.20. The van der Waals surface area contributed by atoms with E-state index in [2.05, 4.69) is 45.7 Å². The molecule has 0 bridgehead atoms. The van der Waals surface area contributed by atoms with E-state index in [9.17, 15) is 5.11 Å². The quantitative estimate of drug-likeness (QED) is 0.741. The molecule has 1 saturated carbocycles. The van der Waals surface area contributed by atoms with Crippen molar-refractivity contribution in [2.75, 3.05) is 0 Å². The van der Waals surface area contributed by atoms with Gasteiger partial charge in [0.1, 0.15) is 0 Å². The molecule has 1 aliphatic rings. The molecule has 1 aromatic carbocycles. The van der Waals surface area contributed by atoms with E-state index in [0.29, 0.717) is 11.8 Å². The van der Waals surface area contributed by atoms with Crippen molar-refractivity contribution in [2.45, 2.75) is 39.2 Å². The van der Waals surface area contributed by atoms with Gasteiger partial charge in [0.05, 0.1) is 6.10 Å². The molecule has 1 aromatic rings. The normalized spacial score (nSPS) is 30.2. The van der Waals surface area contributed by atoms with Gasteiger partial charge in [0.25, 0.3) is 0 Å². The Morgan fingerprint density at radius 2 is 1.89 bits per heavy atom. The zero-order valence-electron chi connectivity index (χ0n) is 10.9. The second-order valence-corrected chi connectivity index (χ2v) is 7.41. The summed E-state index contributed by atoms with van der Waals surface area (Å²) in [6.45, 7) is 4.63. The van der Waals surface area contributed by atoms with Crippen LogP contribution in [0.1, 0.15) is 44.8 Å². The van der Waals surface area contributed by atoms with Crippen LogP contribution in [0, 0.1) is 17.8 Å². The van der Waals surface area contributed by atoms with Gasteiger partial charge in [-0.3, -0.25) is 0 Å². The largest absolute Gasteiger partial charge is 0.388 e. The molecule has 1 nitrogen and oxygen atoms in total. The monoisotopic (exact) mass is 374 g/mol. The Hall–Kier alpha value is 0.140. The third-order valence-corrected chi connectivity index (χ3v) is 5.58. The van der Waals surface area contributed by atoms with Crippen molar-refractivity contribution >= 4 is 31.9 Å². The van der Waals surface area contributed by atoms with Crippen molar-refractivity contribution in [3.8, 4) is 0 Å². The van der Waals surface area contributed by atoms with Crippen LogP contribution in [0.2, 0.25) is 0 Å². The average molecular weight is 376 g/mol. The molecule has 0 aromatic heterocycles. The Balaban J connectivity index is 2.16. The van der Waals surface area contributed by atoms with Crippen LogP contribution < -0.4 is 0 Å². The highest BCUT2D eigenvalue weighted by molar-refractivity contribution is 9.11. The molecule has 0 radical (unpaired) electrons. The lowest BCUT2D eigenvalue weighted by Crippen LogP contribution is -2.25. The first-order valence-electron chi connectivity index (χ1n) is 6.62. The molecule has 100 valence electrons. The SMILES string of the molecule is CC1CCC(C(O)c2cc(Br)ccc2Br)CC1C. The van der Waals surface area contributed by atoms with Gasteiger partial charge in [-0.2, -0.15) is 0 Å². The number of aliphatic hydroxyl groups is 1. The van der Waals surface area contributed by atoms with Crippen LogP contribution in [-0.4, -0.2) is 5.11 Å². The number of benzene rings is 1. The summed E-state index contributed by atoms with van der Waals surface area (Å²) in [5, 5.41) is 10.6. The second-order valence-electron chi connectivity index (χ2n) is 5.64. The fraction of sp³-hybridized carbons (Fsp3) is 0.600. The van der Waals surface area contributed by atoms with Crippen molar-refractivity contribution in [3.05, 3.63) is 32.7 Å². The molecule has 3 heteroatoms. The molecule has 0 heterocycles. The van der Waals surface area contributed by atoms with Crippen LogP contribution in [0.5, 0.6) is 0 Å². The summed E-state index contributed by atoms with van der Waals surface area (Å²) >= 11 is 7.02. The maximum atomic E-state index is 10.6. The van der Waals surface area contributed by atoms with Crippen molar-refractivity contribution in [3.63, 3.8) is 0 Å². The van der Waals surface area contributed by atoms with E-state index in [-0.39, 0.29) is 6.10 Å². The zero-order valence-corrected chi connectivity index (χ0v) is 14.0. The third kappa shape index (κ3) is 3.17. The van der Waals surface area contributed by atoms with Gasteiger partial charge in [0.15, 0.2) is 0 Å². The van der Waals surface area contributed by atoms with E-state index in [1.165, 1.54) is 6.42 Å². The highest BCUT2D eigenvalue weighted by Crippen LogP contribution is 2.41. The number of aliphatic hydroxyl groups excluding tert-OH is 1. The molecule has 2 rings (SSSR count). The summed E-state index contributed by atoms with van der Waals surface area (Å²) in [5.74, 6) is 1.89. The van der Waals surface area contributed by atoms with E-state index in [1.54, 1.807) is 0 Å². The van der Waals surface area contributed by atoms with E-state index < -0.39 is 0 Å². The highest BCUT2D eigenvalue weighted by atomic mass is 79.9. The van der Waals surface area contributed by atoms with Gasteiger partial charge in [0, 0.05) is 8.95 Å². The van der Waals surface area contributed by atoms with Gasteiger partial charge < -0.3 is 5.11 Å². The van der Waals surface area contributed by atoms with Crippen molar-refractivity contribution in [1.82, 2.24) is 0 Å². The van der Waals surface area contributed by atoms with E-state index in [0.717, 1.165) is 33.3 Å². The summed E-state index contributed by atoms with van der Waals surface area (Å²) in [7, 11) is 0.